The van der Waals surface area contributed by atoms with Crippen LogP contribution in [0.1, 0.15) is 16.7 Å². The highest BCUT2D eigenvalue weighted by molar-refractivity contribution is 9.10. The lowest BCUT2D eigenvalue weighted by Gasteiger charge is -2.11. The van der Waals surface area contributed by atoms with Gasteiger partial charge < -0.3 is 19.3 Å². The highest BCUT2D eigenvalue weighted by Crippen LogP contribution is 2.35. The van der Waals surface area contributed by atoms with E-state index < -0.39 is 0 Å². The summed E-state index contributed by atoms with van der Waals surface area (Å²) >= 11 is 3.42. The summed E-state index contributed by atoms with van der Waals surface area (Å²) in [6.07, 6.45) is 3.71. The first-order valence-corrected chi connectivity index (χ1v) is 9.49. The van der Waals surface area contributed by atoms with Gasteiger partial charge in [-0.05, 0) is 35.4 Å². The Morgan fingerprint density at radius 3 is 2.32 bits per heavy atom. The molecule has 0 fully saturated rings. The van der Waals surface area contributed by atoms with Gasteiger partial charge in [0.15, 0.2) is 23.0 Å². The minimum Gasteiger partial charge on any atom is -0.504 e. The largest absolute Gasteiger partial charge is 0.504 e. The van der Waals surface area contributed by atoms with Crippen molar-refractivity contribution in [3.63, 3.8) is 0 Å². The Balaban J connectivity index is 1.78. The Labute approximate surface area is 173 Å². The first kappa shape index (κ1) is 19.8. The third kappa shape index (κ3) is 4.87. The highest BCUT2D eigenvalue weighted by atomic mass is 79.9. The summed E-state index contributed by atoms with van der Waals surface area (Å²) < 4.78 is 17.4. The average molecular weight is 441 g/mol. The van der Waals surface area contributed by atoms with E-state index in [-0.39, 0.29) is 5.75 Å². The molecule has 5 heteroatoms. The molecule has 4 nitrogen and oxygen atoms in total. The molecule has 0 bridgehead atoms. The Morgan fingerprint density at radius 1 is 0.857 bits per heavy atom. The third-order valence-corrected chi connectivity index (χ3v) is 4.63. The van der Waals surface area contributed by atoms with Gasteiger partial charge in [-0.15, -0.1) is 0 Å². The van der Waals surface area contributed by atoms with Gasteiger partial charge in [0.05, 0.1) is 14.2 Å². The molecule has 3 aromatic carbocycles. The van der Waals surface area contributed by atoms with E-state index in [9.17, 15) is 5.11 Å². The Kier molecular flexibility index (Phi) is 6.61. The van der Waals surface area contributed by atoms with Crippen molar-refractivity contribution in [2.45, 2.75) is 6.61 Å². The van der Waals surface area contributed by atoms with E-state index in [2.05, 4.69) is 15.9 Å². The Morgan fingerprint density at radius 2 is 1.61 bits per heavy atom. The molecule has 144 valence electrons. The molecule has 0 unspecified atom stereocenters. The molecule has 0 saturated carbocycles. The number of ether oxygens (including phenoxy) is 3. The van der Waals surface area contributed by atoms with Crippen LogP contribution in [0.2, 0.25) is 0 Å². The third-order valence-electron chi connectivity index (χ3n) is 4.17. The predicted octanol–water partition coefficient (Wildman–Crippen LogP) is 5.92. The van der Waals surface area contributed by atoms with Gasteiger partial charge in [0.2, 0.25) is 0 Å². The van der Waals surface area contributed by atoms with Crippen LogP contribution in [0.25, 0.3) is 12.2 Å². The van der Waals surface area contributed by atoms with E-state index in [0.29, 0.717) is 29.4 Å². The fraction of sp³-hybridized carbons (Fsp3) is 0.130. The standard InChI is InChI=1S/C23H21BrO4/c1-26-21-12-16(8-10-18-13-19(24)14-22(27-2)23(18)25)9-11-20(21)28-15-17-6-4-3-5-7-17/h3-14,25H,15H2,1-2H3/b10-8+. The van der Waals surface area contributed by atoms with Crippen molar-refractivity contribution in [2.75, 3.05) is 14.2 Å². The molecule has 0 aromatic heterocycles. The number of hydrogen-bond acceptors (Lipinski definition) is 4. The van der Waals surface area contributed by atoms with Gasteiger partial charge >= 0.3 is 0 Å². The zero-order chi connectivity index (χ0) is 19.9. The van der Waals surface area contributed by atoms with Crippen molar-refractivity contribution in [3.05, 3.63) is 81.8 Å². The summed E-state index contributed by atoms with van der Waals surface area (Å²) in [5.74, 6) is 1.83. The fourth-order valence-electron chi connectivity index (χ4n) is 2.71. The summed E-state index contributed by atoms with van der Waals surface area (Å²) in [6.45, 7) is 0.470. The second-order valence-corrected chi connectivity index (χ2v) is 6.98. The minimum absolute atomic E-state index is 0.0942. The number of hydrogen-bond donors (Lipinski definition) is 1. The van der Waals surface area contributed by atoms with E-state index in [4.69, 9.17) is 14.2 Å². The maximum atomic E-state index is 10.3. The van der Waals surface area contributed by atoms with Crippen LogP contribution in [0.5, 0.6) is 23.0 Å². The van der Waals surface area contributed by atoms with Crippen LogP contribution in [0.4, 0.5) is 0 Å². The summed E-state index contributed by atoms with van der Waals surface area (Å²) in [5, 5.41) is 10.3. The lowest BCUT2D eigenvalue weighted by Crippen LogP contribution is -1.97. The molecule has 0 aliphatic carbocycles. The lowest BCUT2D eigenvalue weighted by atomic mass is 10.1. The molecular formula is C23H21BrO4. The predicted molar refractivity (Wildman–Crippen MR) is 115 cm³/mol. The van der Waals surface area contributed by atoms with Crippen LogP contribution >= 0.6 is 15.9 Å². The zero-order valence-corrected chi connectivity index (χ0v) is 17.3. The Hall–Kier alpha value is -2.92. The van der Waals surface area contributed by atoms with Crippen molar-refractivity contribution in [3.8, 4) is 23.0 Å². The summed E-state index contributed by atoms with van der Waals surface area (Å²) in [6, 6.07) is 19.2. The number of phenols is 1. The summed E-state index contributed by atoms with van der Waals surface area (Å²) in [7, 11) is 3.14. The number of phenolic OH excluding ortho intramolecular Hbond substituents is 1. The first-order valence-electron chi connectivity index (χ1n) is 8.70. The van der Waals surface area contributed by atoms with E-state index in [0.717, 1.165) is 15.6 Å². The van der Waals surface area contributed by atoms with E-state index in [1.807, 2.05) is 66.7 Å². The van der Waals surface area contributed by atoms with Crippen LogP contribution in [-0.2, 0) is 6.61 Å². The second kappa shape index (κ2) is 9.33. The van der Waals surface area contributed by atoms with Gasteiger partial charge in [0, 0.05) is 10.0 Å². The number of aromatic hydroxyl groups is 1. The van der Waals surface area contributed by atoms with Crippen molar-refractivity contribution < 1.29 is 19.3 Å². The van der Waals surface area contributed by atoms with Crippen molar-refractivity contribution >= 4 is 28.1 Å². The fourth-order valence-corrected chi connectivity index (χ4v) is 3.16. The van der Waals surface area contributed by atoms with Crippen LogP contribution < -0.4 is 14.2 Å². The molecule has 0 heterocycles. The zero-order valence-electron chi connectivity index (χ0n) is 15.7. The van der Waals surface area contributed by atoms with Crippen LogP contribution in [0.3, 0.4) is 0 Å². The first-order chi connectivity index (χ1) is 13.6. The SMILES string of the molecule is COc1cc(/C=C/c2cc(Br)cc(OC)c2O)ccc1OCc1ccccc1. The molecule has 28 heavy (non-hydrogen) atoms. The smallest absolute Gasteiger partial charge is 0.165 e. The van der Waals surface area contributed by atoms with Crippen molar-refractivity contribution in [2.24, 2.45) is 0 Å². The van der Waals surface area contributed by atoms with Crippen LogP contribution in [0, 0.1) is 0 Å². The molecule has 0 aliphatic heterocycles. The Bertz CT molecular complexity index is 968. The number of benzene rings is 3. The maximum absolute atomic E-state index is 10.3. The number of halogens is 1. The lowest BCUT2D eigenvalue weighted by molar-refractivity contribution is 0.284. The van der Waals surface area contributed by atoms with E-state index in [1.54, 1.807) is 13.2 Å². The maximum Gasteiger partial charge on any atom is 0.165 e. The number of methoxy groups -OCH3 is 2. The molecule has 0 radical (unpaired) electrons. The topological polar surface area (TPSA) is 47.9 Å². The molecular weight excluding hydrogens is 420 g/mol. The molecule has 1 N–H and O–H groups in total. The van der Waals surface area contributed by atoms with E-state index >= 15 is 0 Å². The second-order valence-electron chi connectivity index (χ2n) is 6.06. The summed E-state index contributed by atoms with van der Waals surface area (Å²) in [5.41, 5.74) is 2.66. The van der Waals surface area contributed by atoms with Gasteiger partial charge in [0.25, 0.3) is 0 Å². The molecule has 0 saturated heterocycles. The van der Waals surface area contributed by atoms with Crippen molar-refractivity contribution in [1.82, 2.24) is 0 Å². The monoisotopic (exact) mass is 440 g/mol. The normalized spacial score (nSPS) is 10.8. The number of rotatable bonds is 7. The van der Waals surface area contributed by atoms with Crippen LogP contribution in [-0.4, -0.2) is 19.3 Å². The average Bonchev–Trinajstić information content (AvgIpc) is 2.73. The molecule has 0 atom stereocenters. The molecule has 3 rings (SSSR count). The molecule has 0 aliphatic rings. The highest BCUT2D eigenvalue weighted by Gasteiger charge is 2.08. The van der Waals surface area contributed by atoms with Gasteiger partial charge in [-0.1, -0.05) is 64.5 Å². The molecule has 3 aromatic rings. The van der Waals surface area contributed by atoms with Gasteiger partial charge in [-0.2, -0.15) is 0 Å². The molecule has 0 amide bonds. The van der Waals surface area contributed by atoms with E-state index in [1.165, 1.54) is 7.11 Å². The van der Waals surface area contributed by atoms with Crippen molar-refractivity contribution in [1.29, 1.82) is 0 Å². The molecule has 0 spiro atoms. The quantitative estimate of drug-likeness (QED) is 0.463. The minimum atomic E-state index is 0.0942. The van der Waals surface area contributed by atoms with Crippen LogP contribution in [0.15, 0.2) is 65.1 Å². The van der Waals surface area contributed by atoms with Gasteiger partial charge in [0.1, 0.15) is 6.61 Å². The van der Waals surface area contributed by atoms with Gasteiger partial charge in [-0.3, -0.25) is 0 Å². The van der Waals surface area contributed by atoms with Gasteiger partial charge in [-0.25, -0.2) is 0 Å². The summed E-state index contributed by atoms with van der Waals surface area (Å²) in [4.78, 5) is 0.